The zero-order valence-corrected chi connectivity index (χ0v) is 23.3. The Balaban J connectivity index is 1.87. The van der Waals surface area contributed by atoms with E-state index >= 15 is 0 Å². The van der Waals surface area contributed by atoms with E-state index in [1.165, 1.54) is 29.9 Å². The van der Waals surface area contributed by atoms with E-state index in [-0.39, 0.29) is 12.2 Å². The van der Waals surface area contributed by atoms with Crippen LogP contribution in [0, 0.1) is 18.7 Å². The van der Waals surface area contributed by atoms with Crippen molar-refractivity contribution in [1.29, 1.82) is 0 Å². The lowest BCUT2D eigenvalue weighted by molar-refractivity contribution is -0.127. The third-order valence-corrected chi connectivity index (χ3v) is 6.66. The van der Waals surface area contributed by atoms with Gasteiger partial charge in [0, 0.05) is 17.8 Å². The van der Waals surface area contributed by atoms with Crippen LogP contribution < -0.4 is 19.7 Å². The maximum atomic E-state index is 14.9. The van der Waals surface area contributed by atoms with E-state index in [1.54, 1.807) is 49.4 Å². The summed E-state index contributed by atoms with van der Waals surface area (Å²) in [5.41, 5.74) is 2.30. The Bertz CT molecular complexity index is 1500. The zero-order chi connectivity index (χ0) is 28.8. The molecular formula is C30H34FN5O4. The molecule has 2 amide bonds. The number of rotatable bonds is 11. The molecule has 1 N–H and O–H groups in total. The molecule has 0 bridgehead atoms. The van der Waals surface area contributed by atoms with Gasteiger partial charge in [-0.15, -0.1) is 5.10 Å². The number of carbonyl (C=O) groups is 2. The number of carbonyl (C=O) groups excluding carboxylic acids is 2. The van der Waals surface area contributed by atoms with E-state index in [0.29, 0.717) is 46.1 Å². The molecular weight excluding hydrogens is 513 g/mol. The summed E-state index contributed by atoms with van der Waals surface area (Å²) in [4.78, 5) is 29.4. The standard InChI is InChI=1S/C30H34FN5O4/c1-19(2)15-16-32-30(38)28(22-9-8-12-26(39-4)29(22)40-5)36(21-14-13-20(3)23(31)17-21)27(37)18-35-25-11-7-6-10-24(25)33-34-35/h6-14,17,19,28H,15-16,18H2,1-5H3,(H,32,38)/t28-/m0/s1. The number of para-hydroxylation sites is 2. The third-order valence-electron chi connectivity index (χ3n) is 6.66. The lowest BCUT2D eigenvalue weighted by Gasteiger charge is -2.32. The summed E-state index contributed by atoms with van der Waals surface area (Å²) in [6, 6.07) is 15.6. The number of aryl methyl sites for hydroxylation is 1. The van der Waals surface area contributed by atoms with Crippen LogP contribution in [-0.4, -0.2) is 47.6 Å². The number of anilines is 1. The molecule has 40 heavy (non-hydrogen) atoms. The maximum absolute atomic E-state index is 14.9. The van der Waals surface area contributed by atoms with Crippen molar-refractivity contribution in [3.63, 3.8) is 0 Å². The molecule has 0 unspecified atom stereocenters. The molecule has 1 atom stereocenters. The number of amides is 2. The number of aromatic nitrogens is 3. The van der Waals surface area contributed by atoms with Gasteiger partial charge in [0.1, 0.15) is 23.9 Å². The minimum atomic E-state index is -1.21. The summed E-state index contributed by atoms with van der Waals surface area (Å²) in [6.07, 6.45) is 0.742. The van der Waals surface area contributed by atoms with Gasteiger partial charge in [-0.1, -0.05) is 49.4 Å². The van der Waals surface area contributed by atoms with Crippen LogP contribution in [0.1, 0.15) is 37.4 Å². The molecule has 3 aromatic carbocycles. The van der Waals surface area contributed by atoms with E-state index in [4.69, 9.17) is 9.47 Å². The fourth-order valence-electron chi connectivity index (χ4n) is 4.51. The highest BCUT2D eigenvalue weighted by atomic mass is 19.1. The number of hydrogen-bond acceptors (Lipinski definition) is 6. The second kappa shape index (κ2) is 12.6. The molecule has 0 saturated carbocycles. The summed E-state index contributed by atoms with van der Waals surface area (Å²) >= 11 is 0. The molecule has 4 rings (SSSR count). The van der Waals surface area contributed by atoms with Gasteiger partial charge < -0.3 is 14.8 Å². The Kier molecular flexibility index (Phi) is 8.98. The quantitative estimate of drug-likeness (QED) is 0.289. The van der Waals surface area contributed by atoms with Crippen LogP contribution in [-0.2, 0) is 16.1 Å². The SMILES string of the molecule is COc1cccc([C@@H](C(=O)NCCC(C)C)N(C(=O)Cn2nnc3ccccc32)c2ccc(C)c(F)c2)c1OC. The first-order valence-corrected chi connectivity index (χ1v) is 13.1. The average molecular weight is 548 g/mol. The van der Waals surface area contributed by atoms with Gasteiger partial charge in [0.2, 0.25) is 11.8 Å². The molecule has 1 heterocycles. The van der Waals surface area contributed by atoms with Crippen LogP contribution in [0.5, 0.6) is 11.5 Å². The van der Waals surface area contributed by atoms with Gasteiger partial charge in [-0.25, -0.2) is 9.07 Å². The van der Waals surface area contributed by atoms with Crippen molar-refractivity contribution in [2.24, 2.45) is 5.92 Å². The van der Waals surface area contributed by atoms with E-state index in [0.717, 1.165) is 6.42 Å². The number of fused-ring (bicyclic) bond motifs is 1. The Morgan fingerprint density at radius 1 is 1.05 bits per heavy atom. The Labute approximate surface area is 232 Å². The van der Waals surface area contributed by atoms with Gasteiger partial charge in [0.05, 0.1) is 19.7 Å². The first kappa shape index (κ1) is 28.5. The summed E-state index contributed by atoms with van der Waals surface area (Å²) in [6.45, 7) is 5.91. The van der Waals surface area contributed by atoms with Crippen molar-refractivity contribution in [1.82, 2.24) is 20.3 Å². The summed E-state index contributed by atoms with van der Waals surface area (Å²) in [5.74, 6) is -0.388. The molecule has 0 saturated heterocycles. The molecule has 210 valence electrons. The predicted molar refractivity (Wildman–Crippen MR) is 151 cm³/mol. The van der Waals surface area contributed by atoms with Crippen LogP contribution >= 0.6 is 0 Å². The largest absolute Gasteiger partial charge is 0.493 e. The molecule has 0 aliphatic heterocycles. The number of nitrogens with one attached hydrogen (secondary N) is 1. The third kappa shape index (κ3) is 6.06. The van der Waals surface area contributed by atoms with E-state index in [1.807, 2.05) is 12.1 Å². The van der Waals surface area contributed by atoms with E-state index in [2.05, 4.69) is 29.5 Å². The van der Waals surface area contributed by atoms with Crippen molar-refractivity contribution < 1.29 is 23.5 Å². The fraction of sp³-hybridized carbons (Fsp3) is 0.333. The van der Waals surface area contributed by atoms with Crippen molar-refractivity contribution >= 4 is 28.5 Å². The smallest absolute Gasteiger partial charge is 0.249 e. The van der Waals surface area contributed by atoms with Crippen LogP contribution in [0.2, 0.25) is 0 Å². The minimum absolute atomic E-state index is 0.214. The normalized spacial score (nSPS) is 11.9. The molecule has 0 aliphatic carbocycles. The molecule has 10 heteroatoms. The highest BCUT2D eigenvalue weighted by Gasteiger charge is 2.36. The number of ether oxygens (including phenoxy) is 2. The van der Waals surface area contributed by atoms with E-state index in [9.17, 15) is 14.0 Å². The van der Waals surface area contributed by atoms with Crippen LogP contribution in [0.4, 0.5) is 10.1 Å². The van der Waals surface area contributed by atoms with Gasteiger partial charge in [0.25, 0.3) is 0 Å². The lowest BCUT2D eigenvalue weighted by Crippen LogP contribution is -2.45. The Hall–Kier alpha value is -4.47. The fourth-order valence-corrected chi connectivity index (χ4v) is 4.51. The number of halogens is 1. The number of nitrogens with zero attached hydrogens (tertiary/aromatic N) is 4. The maximum Gasteiger partial charge on any atom is 0.249 e. The van der Waals surface area contributed by atoms with Crippen molar-refractivity contribution in [2.75, 3.05) is 25.7 Å². The average Bonchev–Trinajstić information content (AvgIpc) is 3.35. The Morgan fingerprint density at radius 3 is 2.52 bits per heavy atom. The van der Waals surface area contributed by atoms with Crippen LogP contribution in [0.15, 0.2) is 60.7 Å². The molecule has 0 spiro atoms. The minimum Gasteiger partial charge on any atom is -0.493 e. The lowest BCUT2D eigenvalue weighted by atomic mass is 10.0. The molecule has 0 fully saturated rings. The van der Waals surface area contributed by atoms with Gasteiger partial charge in [-0.05, 0) is 55.2 Å². The summed E-state index contributed by atoms with van der Waals surface area (Å²) in [7, 11) is 2.96. The Morgan fingerprint density at radius 2 is 1.82 bits per heavy atom. The number of hydrogen-bond donors (Lipinski definition) is 1. The molecule has 0 radical (unpaired) electrons. The van der Waals surface area contributed by atoms with Crippen molar-refractivity contribution in [3.05, 3.63) is 77.6 Å². The molecule has 9 nitrogen and oxygen atoms in total. The summed E-state index contributed by atoms with van der Waals surface area (Å²) < 4.78 is 27.5. The highest BCUT2D eigenvalue weighted by molar-refractivity contribution is 6.02. The van der Waals surface area contributed by atoms with E-state index < -0.39 is 23.7 Å². The number of methoxy groups -OCH3 is 2. The first-order chi connectivity index (χ1) is 19.2. The van der Waals surface area contributed by atoms with Crippen LogP contribution in [0.3, 0.4) is 0 Å². The van der Waals surface area contributed by atoms with Gasteiger partial charge >= 0.3 is 0 Å². The second-order valence-electron chi connectivity index (χ2n) is 9.89. The predicted octanol–water partition coefficient (Wildman–Crippen LogP) is 4.83. The monoisotopic (exact) mass is 547 g/mol. The molecule has 0 aliphatic rings. The topological polar surface area (TPSA) is 98.6 Å². The summed E-state index contributed by atoms with van der Waals surface area (Å²) in [5, 5.41) is 11.3. The van der Waals surface area contributed by atoms with Crippen molar-refractivity contribution in [3.8, 4) is 11.5 Å². The van der Waals surface area contributed by atoms with Crippen molar-refractivity contribution in [2.45, 2.75) is 39.8 Å². The molecule has 4 aromatic rings. The first-order valence-electron chi connectivity index (χ1n) is 13.1. The van der Waals surface area contributed by atoms with Gasteiger partial charge in [-0.2, -0.15) is 0 Å². The van der Waals surface area contributed by atoms with Gasteiger partial charge in [-0.3, -0.25) is 14.5 Å². The van der Waals surface area contributed by atoms with Gasteiger partial charge in [0.15, 0.2) is 11.5 Å². The zero-order valence-electron chi connectivity index (χ0n) is 23.3. The molecule has 1 aromatic heterocycles. The number of benzene rings is 3. The second-order valence-corrected chi connectivity index (χ2v) is 9.89. The van der Waals surface area contributed by atoms with Crippen LogP contribution in [0.25, 0.3) is 11.0 Å². The highest BCUT2D eigenvalue weighted by Crippen LogP contribution is 2.39.